The van der Waals surface area contributed by atoms with Crippen molar-refractivity contribution in [3.05, 3.63) is 17.8 Å². The second kappa shape index (κ2) is 4.73. The van der Waals surface area contributed by atoms with Gasteiger partial charge in [0.1, 0.15) is 0 Å². The highest BCUT2D eigenvalue weighted by atomic mass is 16.6. The smallest absolute Gasteiger partial charge is 0.314 e. The molecule has 0 amide bonds. The number of ether oxygens (including phenoxy) is 2. The van der Waals surface area contributed by atoms with E-state index in [0.29, 0.717) is 11.6 Å². The number of carbonyl (C=O) groups is 1. The molecule has 17 heavy (non-hydrogen) atoms. The molecular weight excluding hydrogens is 218 g/mol. The number of carbonyl (C=O) groups excluding carboxylic acids is 1. The van der Waals surface area contributed by atoms with Crippen LogP contribution in [-0.2, 0) is 4.79 Å². The maximum absolute atomic E-state index is 11.6. The summed E-state index contributed by atoms with van der Waals surface area (Å²) >= 11 is 0. The summed E-state index contributed by atoms with van der Waals surface area (Å²) < 4.78 is 10.8. The van der Waals surface area contributed by atoms with Crippen molar-refractivity contribution >= 4 is 5.97 Å². The second-order valence-electron chi connectivity index (χ2n) is 4.62. The quantitative estimate of drug-likeness (QED) is 0.752. The van der Waals surface area contributed by atoms with E-state index in [2.05, 4.69) is 4.98 Å². The standard InChI is InChI=1S/C13H17NO3/c1-8(2)16-12-11(7-4-9(3)14-12)17-13(15)10-5-6-10/h4,7-8,10H,5-6H2,1-3H3. The normalized spacial score (nSPS) is 14.8. The molecule has 0 atom stereocenters. The molecule has 1 saturated carbocycles. The Kier molecular flexibility index (Phi) is 3.31. The van der Waals surface area contributed by atoms with Crippen molar-refractivity contribution < 1.29 is 14.3 Å². The van der Waals surface area contributed by atoms with Gasteiger partial charge in [-0.15, -0.1) is 0 Å². The molecule has 0 bridgehead atoms. The SMILES string of the molecule is Cc1ccc(OC(=O)C2CC2)c(OC(C)C)n1. The van der Waals surface area contributed by atoms with Gasteiger partial charge in [0.2, 0.25) is 0 Å². The van der Waals surface area contributed by atoms with E-state index in [-0.39, 0.29) is 18.0 Å². The predicted molar refractivity (Wildman–Crippen MR) is 63.1 cm³/mol. The van der Waals surface area contributed by atoms with E-state index < -0.39 is 0 Å². The van der Waals surface area contributed by atoms with Crippen LogP contribution in [0.3, 0.4) is 0 Å². The average molecular weight is 235 g/mol. The first kappa shape index (κ1) is 11.9. The molecule has 0 unspecified atom stereocenters. The molecule has 1 aliphatic rings. The lowest BCUT2D eigenvalue weighted by molar-refractivity contribution is -0.135. The zero-order chi connectivity index (χ0) is 12.4. The van der Waals surface area contributed by atoms with Gasteiger partial charge in [-0.2, -0.15) is 0 Å². The minimum atomic E-state index is -0.177. The fraction of sp³-hybridized carbons (Fsp3) is 0.538. The molecule has 0 radical (unpaired) electrons. The largest absolute Gasteiger partial charge is 0.472 e. The summed E-state index contributed by atoms with van der Waals surface area (Å²) in [5.41, 5.74) is 0.840. The first-order valence-corrected chi connectivity index (χ1v) is 5.92. The van der Waals surface area contributed by atoms with Crippen molar-refractivity contribution in [2.45, 2.75) is 39.7 Å². The van der Waals surface area contributed by atoms with Gasteiger partial charge in [-0.3, -0.25) is 4.79 Å². The summed E-state index contributed by atoms with van der Waals surface area (Å²) in [6, 6.07) is 3.54. The third kappa shape index (κ3) is 3.19. The Morgan fingerprint density at radius 1 is 1.41 bits per heavy atom. The van der Waals surface area contributed by atoms with Crippen LogP contribution in [0.5, 0.6) is 11.6 Å². The van der Waals surface area contributed by atoms with Gasteiger partial charge in [-0.25, -0.2) is 4.98 Å². The average Bonchev–Trinajstić information content (AvgIpc) is 3.04. The van der Waals surface area contributed by atoms with E-state index in [1.54, 1.807) is 6.07 Å². The molecule has 1 heterocycles. The molecule has 0 spiro atoms. The number of aryl methyl sites for hydroxylation is 1. The summed E-state index contributed by atoms with van der Waals surface area (Å²) in [6.07, 6.45) is 1.86. The molecule has 2 rings (SSSR count). The van der Waals surface area contributed by atoms with Crippen molar-refractivity contribution in [1.29, 1.82) is 0 Å². The molecule has 0 saturated heterocycles. The maximum Gasteiger partial charge on any atom is 0.314 e. The lowest BCUT2D eigenvalue weighted by atomic mass is 10.3. The first-order chi connectivity index (χ1) is 8.06. The van der Waals surface area contributed by atoms with Gasteiger partial charge in [-0.05, 0) is 45.7 Å². The van der Waals surface area contributed by atoms with Crippen LogP contribution in [0.2, 0.25) is 0 Å². The minimum absolute atomic E-state index is 0.00248. The lowest BCUT2D eigenvalue weighted by Crippen LogP contribution is -2.13. The highest BCUT2D eigenvalue weighted by Gasteiger charge is 2.32. The highest BCUT2D eigenvalue weighted by Crippen LogP contribution is 2.33. The maximum atomic E-state index is 11.6. The van der Waals surface area contributed by atoms with Crippen LogP contribution in [0.4, 0.5) is 0 Å². The van der Waals surface area contributed by atoms with Crippen molar-refractivity contribution in [3.8, 4) is 11.6 Å². The number of esters is 1. The van der Waals surface area contributed by atoms with Crippen molar-refractivity contribution in [3.63, 3.8) is 0 Å². The summed E-state index contributed by atoms with van der Waals surface area (Å²) in [5, 5.41) is 0. The molecule has 4 heteroatoms. The molecule has 92 valence electrons. The highest BCUT2D eigenvalue weighted by molar-refractivity contribution is 5.77. The minimum Gasteiger partial charge on any atom is -0.472 e. The Balaban J connectivity index is 2.15. The number of rotatable bonds is 4. The molecular formula is C13H17NO3. The number of hydrogen-bond donors (Lipinski definition) is 0. The van der Waals surface area contributed by atoms with E-state index in [9.17, 15) is 4.79 Å². The van der Waals surface area contributed by atoms with Gasteiger partial charge >= 0.3 is 5.97 Å². The van der Waals surface area contributed by atoms with Crippen LogP contribution in [-0.4, -0.2) is 17.1 Å². The van der Waals surface area contributed by atoms with Crippen LogP contribution in [0.15, 0.2) is 12.1 Å². The third-order valence-corrected chi connectivity index (χ3v) is 2.43. The Bertz CT molecular complexity index is 425. The Hall–Kier alpha value is -1.58. The number of nitrogens with zero attached hydrogens (tertiary/aromatic N) is 1. The predicted octanol–water partition coefficient (Wildman–Crippen LogP) is 2.49. The second-order valence-corrected chi connectivity index (χ2v) is 4.62. The van der Waals surface area contributed by atoms with Crippen LogP contribution >= 0.6 is 0 Å². The van der Waals surface area contributed by atoms with E-state index >= 15 is 0 Å². The van der Waals surface area contributed by atoms with Crippen LogP contribution in [0, 0.1) is 12.8 Å². The fourth-order valence-electron chi connectivity index (χ4n) is 1.42. The summed E-state index contributed by atoms with van der Waals surface area (Å²) in [5.74, 6) is 0.711. The topological polar surface area (TPSA) is 48.4 Å². The molecule has 4 nitrogen and oxygen atoms in total. The zero-order valence-corrected chi connectivity index (χ0v) is 10.4. The molecule has 0 N–H and O–H groups in total. The lowest BCUT2D eigenvalue weighted by Gasteiger charge is -2.13. The third-order valence-electron chi connectivity index (χ3n) is 2.43. The molecule has 0 aliphatic heterocycles. The van der Waals surface area contributed by atoms with E-state index in [4.69, 9.17) is 9.47 Å². The Labute approximate surface area is 101 Å². The van der Waals surface area contributed by atoms with E-state index in [1.165, 1.54) is 0 Å². The van der Waals surface area contributed by atoms with E-state index in [0.717, 1.165) is 18.5 Å². The molecule has 1 aromatic rings. The van der Waals surface area contributed by atoms with Crippen molar-refractivity contribution in [1.82, 2.24) is 4.98 Å². The van der Waals surface area contributed by atoms with Gasteiger partial charge in [0.25, 0.3) is 5.88 Å². The molecule has 0 aromatic carbocycles. The Morgan fingerprint density at radius 3 is 2.71 bits per heavy atom. The van der Waals surface area contributed by atoms with Crippen LogP contribution < -0.4 is 9.47 Å². The van der Waals surface area contributed by atoms with Crippen molar-refractivity contribution in [2.24, 2.45) is 5.92 Å². The van der Waals surface area contributed by atoms with Gasteiger partial charge in [0.15, 0.2) is 5.75 Å². The Morgan fingerprint density at radius 2 is 2.12 bits per heavy atom. The summed E-state index contributed by atoms with van der Waals surface area (Å²) in [7, 11) is 0. The monoisotopic (exact) mass is 235 g/mol. The summed E-state index contributed by atoms with van der Waals surface area (Å²) in [6.45, 7) is 5.70. The van der Waals surface area contributed by atoms with Crippen LogP contribution in [0.1, 0.15) is 32.4 Å². The fourth-order valence-corrected chi connectivity index (χ4v) is 1.42. The molecule has 1 aromatic heterocycles. The number of hydrogen-bond acceptors (Lipinski definition) is 4. The number of pyridine rings is 1. The van der Waals surface area contributed by atoms with Gasteiger partial charge in [-0.1, -0.05) is 0 Å². The molecule has 1 fully saturated rings. The van der Waals surface area contributed by atoms with Crippen LogP contribution in [0.25, 0.3) is 0 Å². The van der Waals surface area contributed by atoms with E-state index in [1.807, 2.05) is 26.8 Å². The van der Waals surface area contributed by atoms with Gasteiger partial charge in [0.05, 0.1) is 12.0 Å². The molecule has 1 aliphatic carbocycles. The summed E-state index contributed by atoms with van der Waals surface area (Å²) in [4.78, 5) is 15.8. The zero-order valence-electron chi connectivity index (χ0n) is 10.4. The van der Waals surface area contributed by atoms with Gasteiger partial charge < -0.3 is 9.47 Å². The van der Waals surface area contributed by atoms with Gasteiger partial charge in [0, 0.05) is 5.69 Å². The first-order valence-electron chi connectivity index (χ1n) is 5.92. The number of aromatic nitrogens is 1. The van der Waals surface area contributed by atoms with Crippen molar-refractivity contribution in [2.75, 3.05) is 0 Å².